The number of carbonyl (C=O) groups excluding carboxylic acids is 1. The molecule has 9 heteroatoms. The highest BCUT2D eigenvalue weighted by molar-refractivity contribution is 6.10. The molecule has 0 saturated heterocycles. The van der Waals surface area contributed by atoms with E-state index in [0.717, 1.165) is 22.3 Å². The lowest BCUT2D eigenvalue weighted by atomic mass is 9.99. The smallest absolute Gasteiger partial charge is 0.279 e. The van der Waals surface area contributed by atoms with E-state index in [0.29, 0.717) is 16.6 Å². The van der Waals surface area contributed by atoms with Crippen LogP contribution in [0.15, 0.2) is 61.2 Å². The Labute approximate surface area is 191 Å². The standard InChI is InChI=1S/C22H18N4O3.2ClH/c1-13-11-24-12-17-18(22(27)26-28)21(29-2)20(25-19(13)17)16-5-3-14(4-6-16)15-7-9-23-10-8-15;;/h3-12,28H,1-2H3,(H,26,27);2*1H. The van der Waals surface area contributed by atoms with Crippen molar-refractivity contribution < 1.29 is 14.7 Å². The zero-order chi connectivity index (χ0) is 20.4. The molecule has 0 aliphatic carbocycles. The van der Waals surface area contributed by atoms with Crippen molar-refractivity contribution in [1.82, 2.24) is 20.4 Å². The summed E-state index contributed by atoms with van der Waals surface area (Å²) in [5.41, 5.74) is 6.68. The number of hydroxylamine groups is 1. The minimum absolute atomic E-state index is 0. The lowest BCUT2D eigenvalue weighted by Crippen LogP contribution is -2.20. The first-order chi connectivity index (χ1) is 14.1. The Morgan fingerprint density at radius 2 is 1.55 bits per heavy atom. The fourth-order valence-corrected chi connectivity index (χ4v) is 3.33. The average Bonchev–Trinajstić information content (AvgIpc) is 2.78. The normalized spacial score (nSPS) is 10.0. The molecule has 4 aromatic rings. The van der Waals surface area contributed by atoms with Crippen LogP contribution in [0.3, 0.4) is 0 Å². The Kier molecular flexibility index (Phi) is 7.88. The second-order valence-electron chi connectivity index (χ2n) is 6.48. The van der Waals surface area contributed by atoms with Crippen molar-refractivity contribution in [3.8, 4) is 28.1 Å². The molecule has 0 aliphatic rings. The third-order valence-corrected chi connectivity index (χ3v) is 4.74. The van der Waals surface area contributed by atoms with Gasteiger partial charge in [0.25, 0.3) is 5.91 Å². The summed E-state index contributed by atoms with van der Waals surface area (Å²) in [6, 6.07) is 11.7. The quantitative estimate of drug-likeness (QED) is 0.341. The number of aryl methyl sites for hydroxylation is 1. The summed E-state index contributed by atoms with van der Waals surface area (Å²) in [7, 11) is 1.47. The van der Waals surface area contributed by atoms with Gasteiger partial charge in [0.2, 0.25) is 0 Å². The van der Waals surface area contributed by atoms with Crippen LogP contribution in [-0.2, 0) is 0 Å². The minimum Gasteiger partial charge on any atom is -0.494 e. The van der Waals surface area contributed by atoms with Crippen LogP contribution in [0.4, 0.5) is 0 Å². The molecule has 0 saturated carbocycles. The molecule has 3 aromatic heterocycles. The van der Waals surface area contributed by atoms with Crippen LogP contribution in [-0.4, -0.2) is 33.2 Å². The molecule has 160 valence electrons. The van der Waals surface area contributed by atoms with Crippen LogP contribution in [0.1, 0.15) is 15.9 Å². The van der Waals surface area contributed by atoms with Crippen LogP contribution in [0.2, 0.25) is 0 Å². The van der Waals surface area contributed by atoms with E-state index in [4.69, 9.17) is 9.72 Å². The van der Waals surface area contributed by atoms with Gasteiger partial charge in [-0.1, -0.05) is 24.3 Å². The lowest BCUT2D eigenvalue weighted by molar-refractivity contribution is 0.0705. The Hall–Kier alpha value is -3.26. The molecule has 31 heavy (non-hydrogen) atoms. The number of methoxy groups -OCH3 is 1. The Bertz CT molecular complexity index is 1200. The van der Waals surface area contributed by atoms with Gasteiger partial charge in [-0.3, -0.25) is 20.0 Å². The number of fused-ring (bicyclic) bond motifs is 1. The fraction of sp³-hybridized carbons (Fsp3) is 0.0909. The lowest BCUT2D eigenvalue weighted by Gasteiger charge is -2.16. The predicted octanol–water partition coefficient (Wildman–Crippen LogP) is 4.64. The van der Waals surface area contributed by atoms with Gasteiger partial charge in [-0.05, 0) is 35.7 Å². The summed E-state index contributed by atoms with van der Waals surface area (Å²) >= 11 is 0. The third kappa shape index (κ3) is 4.44. The number of carbonyl (C=O) groups is 1. The molecule has 3 heterocycles. The Morgan fingerprint density at radius 3 is 2.16 bits per heavy atom. The number of hydrogen-bond acceptors (Lipinski definition) is 6. The largest absolute Gasteiger partial charge is 0.494 e. The number of nitrogens with zero attached hydrogens (tertiary/aromatic N) is 3. The van der Waals surface area contributed by atoms with E-state index in [-0.39, 0.29) is 36.1 Å². The van der Waals surface area contributed by atoms with E-state index in [1.54, 1.807) is 30.3 Å². The van der Waals surface area contributed by atoms with Crippen molar-refractivity contribution in [2.45, 2.75) is 6.92 Å². The SMILES string of the molecule is COc1c(-c2ccc(-c3ccncc3)cc2)nc2c(C)cncc2c1C(=O)NO.Cl.Cl. The molecule has 0 spiro atoms. The number of amides is 1. The maximum absolute atomic E-state index is 12.4. The zero-order valence-electron chi connectivity index (χ0n) is 16.7. The van der Waals surface area contributed by atoms with E-state index in [2.05, 4.69) is 9.97 Å². The molecule has 0 fully saturated rings. The fourth-order valence-electron chi connectivity index (χ4n) is 3.33. The van der Waals surface area contributed by atoms with Crippen LogP contribution >= 0.6 is 24.8 Å². The van der Waals surface area contributed by atoms with E-state index in [1.165, 1.54) is 7.11 Å². The highest BCUT2D eigenvalue weighted by atomic mass is 35.5. The first-order valence-corrected chi connectivity index (χ1v) is 8.91. The molecule has 0 aliphatic heterocycles. The zero-order valence-corrected chi connectivity index (χ0v) is 18.3. The van der Waals surface area contributed by atoms with Crippen LogP contribution in [0.5, 0.6) is 5.75 Å². The van der Waals surface area contributed by atoms with Gasteiger partial charge in [-0.2, -0.15) is 0 Å². The van der Waals surface area contributed by atoms with E-state index < -0.39 is 5.91 Å². The molecule has 2 N–H and O–H groups in total. The van der Waals surface area contributed by atoms with Crippen molar-refractivity contribution >= 4 is 41.6 Å². The second kappa shape index (κ2) is 10.2. The van der Waals surface area contributed by atoms with Crippen molar-refractivity contribution in [3.05, 3.63) is 72.3 Å². The number of nitrogens with one attached hydrogen (secondary N) is 1. The number of benzene rings is 1. The maximum atomic E-state index is 12.4. The number of halogens is 2. The first-order valence-electron chi connectivity index (χ1n) is 8.91. The molecule has 0 atom stereocenters. The van der Waals surface area contributed by atoms with Gasteiger partial charge in [0.05, 0.1) is 18.2 Å². The highest BCUT2D eigenvalue weighted by Crippen LogP contribution is 2.37. The van der Waals surface area contributed by atoms with Crippen LogP contribution in [0.25, 0.3) is 33.3 Å². The van der Waals surface area contributed by atoms with Crippen LogP contribution < -0.4 is 10.2 Å². The van der Waals surface area contributed by atoms with Gasteiger partial charge in [0.1, 0.15) is 5.69 Å². The number of rotatable bonds is 4. The second-order valence-corrected chi connectivity index (χ2v) is 6.48. The van der Waals surface area contributed by atoms with Gasteiger partial charge in [0.15, 0.2) is 5.75 Å². The molecule has 1 aromatic carbocycles. The molecule has 0 radical (unpaired) electrons. The third-order valence-electron chi connectivity index (χ3n) is 4.74. The van der Waals surface area contributed by atoms with E-state index in [9.17, 15) is 10.0 Å². The minimum atomic E-state index is -0.684. The molecule has 7 nitrogen and oxygen atoms in total. The predicted molar refractivity (Wildman–Crippen MR) is 123 cm³/mol. The molecule has 4 rings (SSSR count). The molecule has 1 amide bonds. The van der Waals surface area contributed by atoms with Crippen molar-refractivity contribution in [3.63, 3.8) is 0 Å². The van der Waals surface area contributed by atoms with E-state index in [1.807, 2.05) is 43.3 Å². The molecular formula is C22H20Cl2N4O3. The average molecular weight is 459 g/mol. The van der Waals surface area contributed by atoms with Gasteiger partial charge >= 0.3 is 0 Å². The monoisotopic (exact) mass is 458 g/mol. The van der Waals surface area contributed by atoms with Crippen LogP contribution in [0, 0.1) is 6.92 Å². The summed E-state index contributed by atoms with van der Waals surface area (Å²) in [6.45, 7) is 1.87. The van der Waals surface area contributed by atoms with E-state index >= 15 is 0 Å². The maximum Gasteiger partial charge on any atom is 0.279 e. The first kappa shape index (κ1) is 24.0. The highest BCUT2D eigenvalue weighted by Gasteiger charge is 2.23. The van der Waals surface area contributed by atoms with Gasteiger partial charge in [-0.25, -0.2) is 10.5 Å². The topological polar surface area (TPSA) is 97.2 Å². The van der Waals surface area contributed by atoms with Gasteiger partial charge < -0.3 is 4.74 Å². The number of aromatic nitrogens is 3. The van der Waals surface area contributed by atoms with Gasteiger partial charge in [0, 0.05) is 35.7 Å². The summed E-state index contributed by atoms with van der Waals surface area (Å²) in [4.78, 5) is 25.4. The number of ether oxygens (including phenoxy) is 1. The molecule has 0 bridgehead atoms. The van der Waals surface area contributed by atoms with Crippen molar-refractivity contribution in [1.29, 1.82) is 0 Å². The summed E-state index contributed by atoms with van der Waals surface area (Å²) in [5, 5.41) is 9.76. The van der Waals surface area contributed by atoms with Gasteiger partial charge in [-0.15, -0.1) is 24.8 Å². The Morgan fingerprint density at radius 1 is 0.935 bits per heavy atom. The summed E-state index contributed by atoms with van der Waals surface area (Å²) in [5.74, 6) is -0.413. The Balaban J connectivity index is 0.00000171. The van der Waals surface area contributed by atoms with Crippen molar-refractivity contribution in [2.24, 2.45) is 0 Å². The molecular weight excluding hydrogens is 439 g/mol. The molecule has 0 unspecified atom stereocenters. The summed E-state index contributed by atoms with van der Waals surface area (Å²) < 4.78 is 5.55. The van der Waals surface area contributed by atoms with Crippen molar-refractivity contribution in [2.75, 3.05) is 7.11 Å². The number of pyridine rings is 3. The summed E-state index contributed by atoms with van der Waals surface area (Å²) in [6.07, 6.45) is 6.71. The number of hydrogen-bond donors (Lipinski definition) is 2.